The van der Waals surface area contributed by atoms with E-state index in [2.05, 4.69) is 14.9 Å². The number of nitrogens with zero attached hydrogens (tertiary/aromatic N) is 1. The fourth-order valence-electron chi connectivity index (χ4n) is 0.544. The van der Waals surface area contributed by atoms with Gasteiger partial charge in [0.25, 0.3) is 0 Å². The summed E-state index contributed by atoms with van der Waals surface area (Å²) in [7, 11) is 1.50. The summed E-state index contributed by atoms with van der Waals surface area (Å²) in [6, 6.07) is 0. The molecule has 9 heavy (non-hydrogen) atoms. The minimum atomic E-state index is -0.350. The lowest BCUT2D eigenvalue weighted by Gasteiger charge is -1.91. The average molecular weight is 130 g/mol. The molecule has 50 valence electrons. The van der Waals surface area contributed by atoms with Crippen LogP contribution in [0.1, 0.15) is 5.69 Å². The van der Waals surface area contributed by atoms with Crippen LogP contribution >= 0.6 is 0 Å². The van der Waals surface area contributed by atoms with Crippen LogP contribution in [0.15, 0.2) is 6.20 Å². The zero-order valence-electron chi connectivity index (χ0n) is 5.02. The molecule has 0 bridgehead atoms. The molecule has 4 heteroatoms. The summed E-state index contributed by atoms with van der Waals surface area (Å²) in [6.07, 6.45) is 1.12. The first-order chi connectivity index (χ1) is 4.34. The molecular weight excluding hydrogens is 123 g/mol. The maximum absolute atomic E-state index is 12.4. The largest absolute Gasteiger partial charge is 0.378 e. The molecular formula is C5H7FN2O. The lowest BCUT2D eigenvalue weighted by atomic mass is 10.4. The molecule has 1 heterocycles. The van der Waals surface area contributed by atoms with Gasteiger partial charge in [-0.1, -0.05) is 0 Å². The molecule has 1 aromatic rings. The Balaban J connectivity index is 2.69. The Morgan fingerprint density at radius 3 is 3.11 bits per heavy atom. The van der Waals surface area contributed by atoms with Crippen molar-refractivity contribution in [3.8, 4) is 0 Å². The van der Waals surface area contributed by atoms with E-state index in [9.17, 15) is 4.39 Å². The van der Waals surface area contributed by atoms with E-state index in [0.29, 0.717) is 5.69 Å². The normalized spacial score (nSPS) is 10.0. The molecule has 0 aromatic carbocycles. The second-order valence-electron chi connectivity index (χ2n) is 1.63. The van der Waals surface area contributed by atoms with Crippen LogP contribution in [0, 0.1) is 5.82 Å². The third kappa shape index (κ3) is 1.26. The van der Waals surface area contributed by atoms with Crippen molar-refractivity contribution in [2.24, 2.45) is 0 Å². The Morgan fingerprint density at radius 1 is 1.89 bits per heavy atom. The van der Waals surface area contributed by atoms with Gasteiger partial charge in [0.2, 0.25) is 0 Å². The van der Waals surface area contributed by atoms with Crippen molar-refractivity contribution in [2.45, 2.75) is 6.61 Å². The Hall–Kier alpha value is -0.900. The van der Waals surface area contributed by atoms with Crippen molar-refractivity contribution in [1.29, 1.82) is 0 Å². The first-order valence-electron chi connectivity index (χ1n) is 2.51. The van der Waals surface area contributed by atoms with E-state index in [1.165, 1.54) is 7.11 Å². The van der Waals surface area contributed by atoms with E-state index in [1.54, 1.807) is 0 Å². The van der Waals surface area contributed by atoms with Crippen LogP contribution in [0.2, 0.25) is 0 Å². The van der Waals surface area contributed by atoms with Crippen LogP contribution in [-0.4, -0.2) is 17.3 Å². The van der Waals surface area contributed by atoms with Crippen molar-refractivity contribution in [3.05, 3.63) is 17.7 Å². The third-order valence-electron chi connectivity index (χ3n) is 0.954. The molecule has 0 saturated carbocycles. The third-order valence-corrected chi connectivity index (χ3v) is 0.954. The van der Waals surface area contributed by atoms with Gasteiger partial charge in [0, 0.05) is 7.11 Å². The fourth-order valence-corrected chi connectivity index (χ4v) is 0.544. The van der Waals surface area contributed by atoms with E-state index in [1.807, 2.05) is 0 Å². The molecule has 0 unspecified atom stereocenters. The number of ether oxygens (including phenoxy) is 1. The summed E-state index contributed by atoms with van der Waals surface area (Å²) in [5.74, 6) is -0.350. The van der Waals surface area contributed by atoms with Gasteiger partial charge in [-0.05, 0) is 0 Å². The number of hydrogen-bond donors (Lipinski definition) is 1. The lowest BCUT2D eigenvalue weighted by molar-refractivity contribution is 0.178. The number of methoxy groups -OCH3 is 1. The number of aromatic amines is 1. The predicted octanol–water partition coefficient (Wildman–Crippen LogP) is 0.695. The van der Waals surface area contributed by atoms with E-state index >= 15 is 0 Å². The highest BCUT2D eigenvalue weighted by atomic mass is 19.1. The Kier molecular flexibility index (Phi) is 1.79. The minimum absolute atomic E-state index is 0.242. The van der Waals surface area contributed by atoms with Gasteiger partial charge in [-0.15, -0.1) is 0 Å². The van der Waals surface area contributed by atoms with Crippen molar-refractivity contribution >= 4 is 0 Å². The number of H-pyrrole nitrogens is 1. The molecule has 0 spiro atoms. The van der Waals surface area contributed by atoms with Crippen LogP contribution in [0.4, 0.5) is 4.39 Å². The number of nitrogens with one attached hydrogen (secondary N) is 1. The molecule has 1 N–H and O–H groups in total. The van der Waals surface area contributed by atoms with Crippen molar-refractivity contribution < 1.29 is 9.13 Å². The minimum Gasteiger partial charge on any atom is -0.378 e. The van der Waals surface area contributed by atoms with Gasteiger partial charge < -0.3 is 4.74 Å². The van der Waals surface area contributed by atoms with Crippen LogP contribution < -0.4 is 0 Å². The molecule has 0 fully saturated rings. The second-order valence-corrected chi connectivity index (χ2v) is 1.63. The first-order valence-corrected chi connectivity index (χ1v) is 2.51. The number of rotatable bonds is 2. The van der Waals surface area contributed by atoms with E-state index in [4.69, 9.17) is 0 Å². The fraction of sp³-hybridized carbons (Fsp3) is 0.400. The van der Waals surface area contributed by atoms with Gasteiger partial charge in [0.15, 0.2) is 5.82 Å². The summed E-state index contributed by atoms with van der Waals surface area (Å²) in [6.45, 7) is 0.242. The summed E-state index contributed by atoms with van der Waals surface area (Å²) >= 11 is 0. The molecule has 1 aromatic heterocycles. The number of halogens is 1. The predicted molar refractivity (Wildman–Crippen MR) is 29.3 cm³/mol. The molecule has 0 aliphatic carbocycles. The van der Waals surface area contributed by atoms with Gasteiger partial charge in [-0.25, -0.2) is 4.39 Å². The van der Waals surface area contributed by atoms with Crippen molar-refractivity contribution in [1.82, 2.24) is 10.2 Å². The van der Waals surface area contributed by atoms with E-state index < -0.39 is 0 Å². The molecule has 0 aliphatic heterocycles. The van der Waals surface area contributed by atoms with Crippen molar-refractivity contribution in [3.63, 3.8) is 0 Å². The molecule has 0 radical (unpaired) electrons. The SMILES string of the molecule is COCc1[nH]ncc1F. The molecule has 1 rings (SSSR count). The van der Waals surface area contributed by atoms with E-state index in [0.717, 1.165) is 6.20 Å². The van der Waals surface area contributed by atoms with Gasteiger partial charge in [0.1, 0.15) is 0 Å². The topological polar surface area (TPSA) is 37.9 Å². The van der Waals surface area contributed by atoms with Gasteiger partial charge in [0.05, 0.1) is 18.5 Å². The van der Waals surface area contributed by atoms with Crippen LogP contribution in [-0.2, 0) is 11.3 Å². The summed E-state index contributed by atoms with van der Waals surface area (Å²) in [5, 5.41) is 5.92. The molecule has 0 amide bonds. The van der Waals surface area contributed by atoms with Gasteiger partial charge in [-0.2, -0.15) is 5.10 Å². The lowest BCUT2D eigenvalue weighted by Crippen LogP contribution is -1.89. The highest BCUT2D eigenvalue weighted by Crippen LogP contribution is 2.01. The quantitative estimate of drug-likeness (QED) is 0.639. The maximum Gasteiger partial charge on any atom is 0.166 e. The monoisotopic (exact) mass is 130 g/mol. The highest BCUT2D eigenvalue weighted by Gasteiger charge is 2.00. The van der Waals surface area contributed by atoms with Gasteiger partial charge >= 0.3 is 0 Å². The standard InChI is InChI=1S/C5H7FN2O/c1-9-3-5-4(6)2-7-8-5/h2H,3H2,1H3,(H,7,8). The average Bonchev–Trinajstić information content (AvgIpc) is 2.18. The maximum atomic E-state index is 12.4. The molecule has 0 atom stereocenters. The molecule has 3 nitrogen and oxygen atoms in total. The summed E-state index contributed by atoms with van der Waals surface area (Å²) < 4.78 is 17.0. The number of hydrogen-bond acceptors (Lipinski definition) is 2. The Morgan fingerprint density at radius 2 is 2.67 bits per heavy atom. The molecule has 0 aliphatic rings. The van der Waals surface area contributed by atoms with Crippen LogP contribution in [0.5, 0.6) is 0 Å². The smallest absolute Gasteiger partial charge is 0.166 e. The molecule has 0 saturated heterocycles. The van der Waals surface area contributed by atoms with E-state index in [-0.39, 0.29) is 12.4 Å². The zero-order valence-corrected chi connectivity index (χ0v) is 5.02. The summed E-state index contributed by atoms with van der Waals surface area (Å²) in [4.78, 5) is 0. The first kappa shape index (κ1) is 6.22. The Bertz CT molecular complexity index is 187. The van der Waals surface area contributed by atoms with Gasteiger partial charge in [-0.3, -0.25) is 5.10 Å². The van der Waals surface area contributed by atoms with Crippen molar-refractivity contribution in [2.75, 3.05) is 7.11 Å². The summed E-state index contributed by atoms with van der Waals surface area (Å²) in [5.41, 5.74) is 0.387. The number of aromatic nitrogens is 2. The zero-order chi connectivity index (χ0) is 6.69. The second kappa shape index (κ2) is 2.59. The van der Waals surface area contributed by atoms with Crippen LogP contribution in [0.25, 0.3) is 0 Å². The van der Waals surface area contributed by atoms with Crippen LogP contribution in [0.3, 0.4) is 0 Å². The highest BCUT2D eigenvalue weighted by molar-refractivity contribution is 4.99. The Labute approximate surface area is 51.8 Å².